The number of aliphatic hydroxyl groups is 1. The van der Waals surface area contributed by atoms with Gasteiger partial charge in [0.05, 0.1) is 5.03 Å². The molecule has 2 saturated heterocycles. The normalized spacial score (nSPS) is 23.1. The fourth-order valence-corrected chi connectivity index (χ4v) is 10.5. The van der Waals surface area contributed by atoms with E-state index in [1.165, 1.54) is 55.2 Å². The predicted octanol–water partition coefficient (Wildman–Crippen LogP) is 8.91. The summed E-state index contributed by atoms with van der Waals surface area (Å²) < 4.78 is 0.433. The molecule has 0 aromatic heterocycles. The van der Waals surface area contributed by atoms with Crippen LogP contribution in [0.1, 0.15) is 59.9 Å². The van der Waals surface area contributed by atoms with Crippen LogP contribution in [0.4, 0.5) is 11.4 Å². The summed E-state index contributed by atoms with van der Waals surface area (Å²) in [6.45, 7) is 1.84. The van der Waals surface area contributed by atoms with Crippen LogP contribution in [0, 0.1) is 0 Å². The summed E-state index contributed by atoms with van der Waals surface area (Å²) in [5.74, 6) is -0.955. The molecule has 3 heterocycles. The van der Waals surface area contributed by atoms with E-state index >= 15 is 0 Å². The van der Waals surface area contributed by atoms with Gasteiger partial charge in [-0.15, -0.1) is 0 Å². The van der Waals surface area contributed by atoms with Gasteiger partial charge in [-0.25, -0.2) is 0 Å². The van der Waals surface area contributed by atoms with Crippen LogP contribution in [0.25, 0.3) is 17.7 Å². The molecule has 1 amide bonds. The standard InChI is InChI=1S/C42H37N3O4S3/c1-2-43-40(49)38(52-42(43)50)41-44(25-37(46)47)39(48)36(51-41)24-27-18-21-35-33(23-27)31-14-9-15-34(31)45(35)30-19-16-26(17-20-30)22-32(28-10-5-3-6-11-28)29-12-7-4-8-13-29/h3-8,10-13,16-24,31,34,39,48H,2,9,14-15,25H2,1H3,(H,46,47)/b36-24+,41-38-. The van der Waals surface area contributed by atoms with E-state index in [9.17, 15) is 19.8 Å². The number of anilines is 2. The Morgan fingerprint density at radius 3 is 2.21 bits per heavy atom. The monoisotopic (exact) mass is 743 g/mol. The van der Waals surface area contributed by atoms with Gasteiger partial charge in [-0.2, -0.15) is 0 Å². The number of benzene rings is 4. The molecule has 52 heavy (non-hydrogen) atoms. The van der Waals surface area contributed by atoms with Crippen molar-refractivity contribution >= 4 is 81.0 Å². The third-order valence-corrected chi connectivity index (χ3v) is 12.9. The fourth-order valence-electron chi connectivity index (χ4n) is 7.80. The van der Waals surface area contributed by atoms with Gasteiger partial charge in [-0.05, 0) is 89.6 Å². The first-order chi connectivity index (χ1) is 25.3. The predicted molar refractivity (Wildman–Crippen MR) is 216 cm³/mol. The van der Waals surface area contributed by atoms with Crippen molar-refractivity contribution in [2.45, 2.75) is 44.4 Å². The number of carboxylic acid groups (broad SMARTS) is 1. The summed E-state index contributed by atoms with van der Waals surface area (Å²) in [4.78, 5) is 31.3. The summed E-state index contributed by atoms with van der Waals surface area (Å²) >= 11 is 7.81. The first kappa shape index (κ1) is 34.5. The number of likely N-dealkylation sites (N-methyl/N-ethyl adjacent to an activating group) is 1. The highest BCUT2D eigenvalue weighted by molar-refractivity contribution is 8.27. The number of carbonyl (C=O) groups is 2. The lowest BCUT2D eigenvalue weighted by molar-refractivity contribution is -0.139. The Labute approximate surface area is 317 Å². The molecule has 4 aromatic carbocycles. The van der Waals surface area contributed by atoms with Crippen LogP contribution in [0.15, 0.2) is 118 Å². The Morgan fingerprint density at radius 1 is 0.904 bits per heavy atom. The Kier molecular flexibility index (Phi) is 9.57. The lowest BCUT2D eigenvalue weighted by atomic mass is 9.95. The first-order valence-corrected chi connectivity index (χ1v) is 19.5. The van der Waals surface area contributed by atoms with Gasteiger partial charge in [0.15, 0.2) is 6.23 Å². The number of hydrogen-bond acceptors (Lipinski definition) is 8. The molecule has 7 nitrogen and oxygen atoms in total. The molecule has 2 N–H and O–H groups in total. The second-order valence-corrected chi connectivity index (χ2v) is 16.0. The van der Waals surface area contributed by atoms with Gasteiger partial charge in [0.25, 0.3) is 5.91 Å². The molecular formula is C42H37N3O4S3. The maximum atomic E-state index is 13.2. The van der Waals surface area contributed by atoms with Gasteiger partial charge in [-0.3, -0.25) is 14.5 Å². The van der Waals surface area contributed by atoms with Crippen molar-refractivity contribution in [1.82, 2.24) is 9.80 Å². The molecule has 0 radical (unpaired) electrons. The summed E-state index contributed by atoms with van der Waals surface area (Å²) in [6.07, 6.45) is 6.37. The number of carboxylic acids is 1. The van der Waals surface area contributed by atoms with Crippen LogP contribution in [0.2, 0.25) is 0 Å². The Morgan fingerprint density at radius 2 is 1.58 bits per heavy atom. The summed E-state index contributed by atoms with van der Waals surface area (Å²) in [5, 5.41) is 21.5. The minimum Gasteiger partial charge on any atom is -0.480 e. The van der Waals surface area contributed by atoms with Crippen LogP contribution in [0.3, 0.4) is 0 Å². The van der Waals surface area contributed by atoms with Crippen LogP contribution in [0.5, 0.6) is 0 Å². The zero-order valence-electron chi connectivity index (χ0n) is 28.5. The highest BCUT2D eigenvalue weighted by atomic mass is 32.2. The molecule has 4 aromatic rings. The van der Waals surface area contributed by atoms with Crippen molar-refractivity contribution in [3.8, 4) is 0 Å². The Balaban J connectivity index is 1.10. The van der Waals surface area contributed by atoms with Crippen molar-refractivity contribution in [2.24, 2.45) is 0 Å². The number of aliphatic hydroxyl groups excluding tert-OH is 1. The van der Waals surface area contributed by atoms with Crippen molar-refractivity contribution in [1.29, 1.82) is 0 Å². The molecule has 0 bridgehead atoms. The largest absolute Gasteiger partial charge is 0.480 e. The maximum Gasteiger partial charge on any atom is 0.323 e. The lowest BCUT2D eigenvalue weighted by Gasteiger charge is -2.27. The Hall–Kier alpha value is -4.61. The van der Waals surface area contributed by atoms with E-state index in [1.54, 1.807) is 0 Å². The smallest absolute Gasteiger partial charge is 0.323 e. The van der Waals surface area contributed by atoms with E-state index in [0.29, 0.717) is 37.7 Å². The number of rotatable bonds is 8. The molecule has 0 spiro atoms. The molecule has 8 rings (SSSR count). The zero-order valence-corrected chi connectivity index (χ0v) is 31.0. The maximum absolute atomic E-state index is 13.2. The van der Waals surface area contributed by atoms with Crippen LogP contribution in [-0.2, 0) is 9.59 Å². The molecule has 4 aliphatic rings. The van der Waals surface area contributed by atoms with Gasteiger partial charge in [0.2, 0.25) is 0 Å². The van der Waals surface area contributed by atoms with Crippen molar-refractivity contribution in [3.05, 3.63) is 146 Å². The molecule has 3 fully saturated rings. The topological polar surface area (TPSA) is 84.3 Å². The number of amides is 1. The third-order valence-electron chi connectivity index (χ3n) is 10.2. The number of nitrogens with zero attached hydrogens (tertiary/aromatic N) is 3. The molecule has 3 unspecified atom stereocenters. The molecule has 262 valence electrons. The average molecular weight is 744 g/mol. The van der Waals surface area contributed by atoms with Crippen molar-refractivity contribution in [2.75, 3.05) is 18.0 Å². The van der Waals surface area contributed by atoms with E-state index in [2.05, 4.69) is 102 Å². The van der Waals surface area contributed by atoms with Crippen LogP contribution in [-0.4, -0.2) is 61.6 Å². The molecule has 3 aliphatic heterocycles. The summed E-state index contributed by atoms with van der Waals surface area (Å²) in [5.41, 5.74) is 9.25. The number of carbonyl (C=O) groups excluding carboxylic acids is 1. The third kappa shape index (κ3) is 6.38. The van der Waals surface area contributed by atoms with Gasteiger partial charge in [0, 0.05) is 34.8 Å². The van der Waals surface area contributed by atoms with Crippen molar-refractivity contribution in [3.63, 3.8) is 0 Å². The molecular weight excluding hydrogens is 707 g/mol. The van der Waals surface area contributed by atoms with Crippen LogP contribution < -0.4 is 4.90 Å². The Bertz CT molecular complexity index is 2110. The highest BCUT2D eigenvalue weighted by Crippen LogP contribution is 2.53. The highest BCUT2D eigenvalue weighted by Gasteiger charge is 2.43. The van der Waals surface area contributed by atoms with E-state index in [1.807, 2.05) is 25.1 Å². The van der Waals surface area contributed by atoms with Crippen LogP contribution >= 0.6 is 35.7 Å². The summed E-state index contributed by atoms with van der Waals surface area (Å²) in [7, 11) is 0. The molecule has 1 aliphatic carbocycles. The van der Waals surface area contributed by atoms with Gasteiger partial charge in [-0.1, -0.05) is 121 Å². The lowest BCUT2D eigenvalue weighted by Crippen LogP contribution is -2.35. The second kappa shape index (κ2) is 14.4. The van der Waals surface area contributed by atoms with E-state index in [4.69, 9.17) is 12.2 Å². The van der Waals surface area contributed by atoms with Gasteiger partial charge >= 0.3 is 5.97 Å². The number of fused-ring (bicyclic) bond motifs is 3. The number of aliphatic carboxylic acids is 1. The first-order valence-electron chi connectivity index (χ1n) is 17.5. The number of hydrogen-bond donors (Lipinski definition) is 2. The van der Waals surface area contributed by atoms with E-state index < -0.39 is 18.7 Å². The van der Waals surface area contributed by atoms with Crippen molar-refractivity contribution < 1.29 is 19.8 Å². The molecule has 1 saturated carbocycles. The zero-order chi connectivity index (χ0) is 35.9. The quantitative estimate of drug-likeness (QED) is 0.104. The van der Waals surface area contributed by atoms with Gasteiger partial charge < -0.3 is 20.0 Å². The molecule has 10 heteroatoms. The van der Waals surface area contributed by atoms with E-state index in [0.717, 1.165) is 42.2 Å². The number of thiocarbonyl (C=S) groups is 1. The molecule has 3 atom stereocenters. The summed E-state index contributed by atoms with van der Waals surface area (Å²) in [6, 6.07) is 36.7. The SMILES string of the molecule is CCN1C(=O)/C(=C2/S/C(=C/c3ccc4c(c3)C3CCCC3N4c3ccc(C=C(c4ccccc4)c4ccccc4)cc3)C(O)N2CC(=O)O)SC1=S. The van der Waals surface area contributed by atoms with Gasteiger partial charge in [0.1, 0.15) is 15.8 Å². The van der Waals surface area contributed by atoms with E-state index in [-0.39, 0.29) is 5.91 Å². The average Bonchev–Trinajstić information content (AvgIpc) is 3.90. The minimum absolute atomic E-state index is 0.259. The number of thioether (sulfide) groups is 2. The fraction of sp³-hybridized carbons (Fsp3) is 0.214. The minimum atomic E-state index is -1.19. The second-order valence-electron chi connectivity index (χ2n) is 13.3.